The van der Waals surface area contributed by atoms with Crippen molar-refractivity contribution in [2.75, 3.05) is 13.2 Å². The first-order valence-electron chi connectivity index (χ1n) is 6.36. The number of hydrogen-bond donors (Lipinski definition) is 0. The van der Waals surface area contributed by atoms with Crippen LogP contribution in [0.3, 0.4) is 0 Å². The normalized spacial score (nSPS) is 12.8. The lowest BCUT2D eigenvalue weighted by molar-refractivity contribution is -0.168. The highest BCUT2D eigenvalue weighted by Gasteiger charge is 2.20. The Kier molecular flexibility index (Phi) is 11.0. The largest absolute Gasteiger partial charge is 0.346 e. The predicted octanol–water partition coefficient (Wildman–Crippen LogP) is 2.80. The average Bonchev–Trinajstić information content (AvgIpc) is 2.38. The number of nitrogens with zero attached hydrogens (tertiary/aromatic N) is 1. The van der Waals surface area contributed by atoms with Crippen molar-refractivity contribution in [1.82, 2.24) is 0 Å². The van der Waals surface area contributed by atoms with E-state index in [4.69, 9.17) is 9.47 Å². The maximum absolute atomic E-state index is 11.8. The third-order valence-corrected chi connectivity index (χ3v) is 2.48. The van der Waals surface area contributed by atoms with Gasteiger partial charge < -0.3 is 9.47 Å². The van der Waals surface area contributed by atoms with Crippen LogP contribution in [0.5, 0.6) is 0 Å². The molecule has 0 N–H and O–H groups in total. The topological polar surface area (TPSA) is 65.0 Å². The highest BCUT2D eigenvalue weighted by atomic mass is 79.9. The molecular weight excluding hydrogens is 326 g/mol. The second-order valence-electron chi connectivity index (χ2n) is 3.59. The lowest BCUT2D eigenvalue weighted by Gasteiger charge is -2.14. The molecule has 0 spiro atoms. The Labute approximate surface area is 127 Å². The third-order valence-electron chi connectivity index (χ3n) is 2.02. The maximum atomic E-state index is 11.8. The van der Waals surface area contributed by atoms with Crippen molar-refractivity contribution < 1.29 is 19.1 Å². The van der Waals surface area contributed by atoms with Gasteiger partial charge in [0.1, 0.15) is 4.61 Å². The molecule has 0 atom stereocenters. The number of allylic oxidation sites excluding steroid dienone is 3. The Balaban J connectivity index is 4.40. The molecule has 0 heterocycles. The van der Waals surface area contributed by atoms with E-state index in [-0.39, 0.29) is 18.0 Å². The first kappa shape index (κ1) is 18.9. The average molecular weight is 346 g/mol. The minimum absolute atomic E-state index is 0.246. The summed E-state index contributed by atoms with van der Waals surface area (Å²) in [6.07, 6.45) is 4.88. The molecule has 0 amide bonds. The quantitative estimate of drug-likeness (QED) is 0.152. The highest BCUT2D eigenvalue weighted by molar-refractivity contribution is 9.11. The van der Waals surface area contributed by atoms with Gasteiger partial charge in [-0.1, -0.05) is 6.08 Å². The van der Waals surface area contributed by atoms with Crippen molar-refractivity contribution in [3.05, 3.63) is 22.8 Å². The lowest BCUT2D eigenvalue weighted by atomic mass is 10.2. The minimum Gasteiger partial charge on any atom is -0.346 e. The number of hydrogen-bond acceptors (Lipinski definition) is 5. The Morgan fingerprint density at radius 2 is 1.85 bits per heavy atom. The number of carbonyl (C=O) groups is 2. The molecule has 0 aliphatic heterocycles. The highest BCUT2D eigenvalue weighted by Crippen LogP contribution is 2.06. The SMILES string of the molecule is CC=N/C(Br)=C\C=C\C(=O)CC(=O)C(OCC)OCC. The van der Waals surface area contributed by atoms with Gasteiger partial charge in [0, 0.05) is 19.4 Å². The van der Waals surface area contributed by atoms with E-state index in [1.54, 1.807) is 33.1 Å². The molecule has 0 saturated heterocycles. The molecule has 0 bridgehead atoms. The van der Waals surface area contributed by atoms with E-state index in [1.165, 1.54) is 12.2 Å². The molecule has 0 aromatic heterocycles. The summed E-state index contributed by atoms with van der Waals surface area (Å²) >= 11 is 3.20. The maximum Gasteiger partial charge on any atom is 0.218 e. The van der Waals surface area contributed by atoms with Crippen molar-refractivity contribution in [2.24, 2.45) is 4.99 Å². The van der Waals surface area contributed by atoms with Gasteiger partial charge >= 0.3 is 0 Å². The molecule has 20 heavy (non-hydrogen) atoms. The number of Topliss-reactive ketones (excluding diaryl/α,β-unsaturated/α-hetero) is 1. The number of ether oxygens (including phenoxy) is 2. The van der Waals surface area contributed by atoms with Gasteiger partial charge in [-0.05, 0) is 48.9 Å². The molecule has 6 heteroatoms. The van der Waals surface area contributed by atoms with Crippen LogP contribution in [-0.2, 0) is 19.1 Å². The summed E-state index contributed by atoms with van der Waals surface area (Å²) in [6, 6.07) is 0. The Morgan fingerprint density at radius 1 is 1.25 bits per heavy atom. The molecule has 0 rings (SSSR count). The minimum atomic E-state index is -0.964. The molecule has 0 saturated carbocycles. The van der Waals surface area contributed by atoms with E-state index in [9.17, 15) is 9.59 Å². The van der Waals surface area contributed by atoms with E-state index in [0.717, 1.165) is 0 Å². The van der Waals surface area contributed by atoms with E-state index < -0.39 is 6.29 Å². The van der Waals surface area contributed by atoms with Gasteiger partial charge in [0.05, 0.1) is 6.42 Å². The summed E-state index contributed by atoms with van der Waals surface area (Å²) in [4.78, 5) is 27.3. The Hall–Kier alpha value is -1.11. The molecule has 0 aliphatic carbocycles. The van der Waals surface area contributed by atoms with Gasteiger partial charge in [-0.25, -0.2) is 0 Å². The van der Waals surface area contributed by atoms with E-state index in [0.29, 0.717) is 17.8 Å². The van der Waals surface area contributed by atoms with Crippen LogP contribution in [0, 0.1) is 0 Å². The van der Waals surface area contributed by atoms with Gasteiger partial charge in [0.15, 0.2) is 11.6 Å². The standard InChI is InChI=1S/C14H20BrNO4/c1-4-16-13(15)9-7-8-11(17)10-12(18)14(19-5-2)20-6-3/h4,7-9,14H,5-6,10H2,1-3H3/b8-7+,13-9-,16-4?. The molecule has 0 aliphatic rings. The van der Waals surface area contributed by atoms with E-state index in [2.05, 4.69) is 20.9 Å². The zero-order valence-electron chi connectivity index (χ0n) is 12.0. The van der Waals surface area contributed by atoms with E-state index >= 15 is 0 Å². The van der Waals surface area contributed by atoms with Gasteiger partial charge in [-0.2, -0.15) is 0 Å². The Bertz CT molecular complexity index is 396. The fraction of sp³-hybridized carbons (Fsp3) is 0.500. The van der Waals surface area contributed by atoms with Crippen molar-refractivity contribution in [3.8, 4) is 0 Å². The summed E-state index contributed by atoms with van der Waals surface area (Å²) < 4.78 is 10.9. The van der Waals surface area contributed by atoms with Gasteiger partial charge in [-0.3, -0.25) is 14.6 Å². The summed E-state index contributed by atoms with van der Waals surface area (Å²) in [6.45, 7) is 6.01. The second kappa shape index (κ2) is 11.7. The number of ketones is 2. The summed E-state index contributed by atoms with van der Waals surface area (Å²) in [7, 11) is 0. The number of rotatable bonds is 10. The molecular formula is C14H20BrNO4. The first-order valence-corrected chi connectivity index (χ1v) is 7.15. The molecule has 112 valence electrons. The molecule has 0 unspecified atom stereocenters. The predicted molar refractivity (Wildman–Crippen MR) is 82.0 cm³/mol. The zero-order valence-corrected chi connectivity index (χ0v) is 13.6. The first-order chi connectivity index (χ1) is 9.54. The van der Waals surface area contributed by atoms with Crippen LogP contribution in [-0.4, -0.2) is 37.3 Å². The fourth-order valence-corrected chi connectivity index (χ4v) is 1.61. The van der Waals surface area contributed by atoms with Gasteiger partial charge in [-0.15, -0.1) is 0 Å². The third kappa shape index (κ3) is 8.90. The van der Waals surface area contributed by atoms with Crippen LogP contribution >= 0.6 is 15.9 Å². The molecule has 0 aromatic rings. The van der Waals surface area contributed by atoms with Crippen LogP contribution in [0.2, 0.25) is 0 Å². The van der Waals surface area contributed by atoms with Crippen LogP contribution in [0.25, 0.3) is 0 Å². The molecule has 0 radical (unpaired) electrons. The van der Waals surface area contributed by atoms with Gasteiger partial charge in [0.2, 0.25) is 6.29 Å². The van der Waals surface area contributed by atoms with Crippen LogP contribution in [0.1, 0.15) is 27.2 Å². The lowest BCUT2D eigenvalue weighted by Crippen LogP contribution is -2.29. The summed E-state index contributed by atoms with van der Waals surface area (Å²) in [5.74, 6) is -0.686. The molecule has 5 nitrogen and oxygen atoms in total. The van der Waals surface area contributed by atoms with Crippen molar-refractivity contribution in [2.45, 2.75) is 33.5 Å². The van der Waals surface area contributed by atoms with Crippen LogP contribution in [0.4, 0.5) is 0 Å². The molecule has 0 aromatic carbocycles. The summed E-state index contributed by atoms with van der Waals surface area (Å²) in [5.41, 5.74) is 0. The molecule has 0 fully saturated rings. The van der Waals surface area contributed by atoms with Crippen molar-refractivity contribution in [3.63, 3.8) is 0 Å². The van der Waals surface area contributed by atoms with Crippen LogP contribution in [0.15, 0.2) is 27.8 Å². The fourth-order valence-electron chi connectivity index (χ4n) is 1.25. The Morgan fingerprint density at radius 3 is 2.35 bits per heavy atom. The van der Waals surface area contributed by atoms with Gasteiger partial charge in [0.25, 0.3) is 0 Å². The summed E-state index contributed by atoms with van der Waals surface area (Å²) in [5, 5.41) is 0. The van der Waals surface area contributed by atoms with E-state index in [1.807, 2.05) is 0 Å². The smallest absolute Gasteiger partial charge is 0.218 e. The number of carbonyl (C=O) groups excluding carboxylic acids is 2. The second-order valence-corrected chi connectivity index (χ2v) is 4.40. The number of halogens is 1. The van der Waals surface area contributed by atoms with Crippen LogP contribution < -0.4 is 0 Å². The van der Waals surface area contributed by atoms with Crippen molar-refractivity contribution >= 4 is 33.7 Å². The van der Waals surface area contributed by atoms with Crippen molar-refractivity contribution in [1.29, 1.82) is 0 Å². The monoisotopic (exact) mass is 345 g/mol. The zero-order chi connectivity index (χ0) is 15.4. The number of aliphatic imine (C=N–C) groups is 1.